The quantitative estimate of drug-likeness (QED) is 0.791. The van der Waals surface area contributed by atoms with Gasteiger partial charge in [0.15, 0.2) is 5.16 Å². The summed E-state index contributed by atoms with van der Waals surface area (Å²) in [7, 11) is 1.89. The van der Waals surface area contributed by atoms with E-state index in [1.165, 1.54) is 24.0 Å². The molecular formula is C11H12N4OS. The summed E-state index contributed by atoms with van der Waals surface area (Å²) in [6.07, 6.45) is 3.29. The number of rotatable bonds is 4. The highest BCUT2D eigenvalue weighted by Gasteiger charge is 2.01. The highest BCUT2D eigenvalue weighted by molar-refractivity contribution is 7.99. The molecule has 2 N–H and O–H groups in total. The van der Waals surface area contributed by atoms with Crippen molar-refractivity contribution < 1.29 is 0 Å². The molecule has 0 radical (unpaired) electrons. The molecule has 2 heterocycles. The fourth-order valence-electron chi connectivity index (χ4n) is 1.28. The Morgan fingerprint density at radius 2 is 2.24 bits per heavy atom. The molecule has 2 rings (SSSR count). The Bertz CT molecular complexity index is 538. The van der Waals surface area contributed by atoms with Crippen molar-refractivity contribution >= 4 is 11.8 Å². The van der Waals surface area contributed by atoms with Crippen LogP contribution in [0.25, 0.3) is 0 Å². The normalized spacial score (nSPS) is 10.4. The first-order valence-corrected chi connectivity index (χ1v) is 5.92. The number of hydrogen-bond acceptors (Lipinski definition) is 5. The number of nitrogens with one attached hydrogen (secondary N) is 2. The summed E-state index contributed by atoms with van der Waals surface area (Å²) in [5.41, 5.74) is 0.959. The molecule has 0 aromatic carbocycles. The van der Waals surface area contributed by atoms with E-state index in [1.54, 1.807) is 6.20 Å². The number of pyridine rings is 1. The summed E-state index contributed by atoms with van der Waals surface area (Å²) in [6.45, 7) is 0.790. The maximum atomic E-state index is 11.1. The van der Waals surface area contributed by atoms with E-state index in [9.17, 15) is 4.79 Å². The van der Waals surface area contributed by atoms with E-state index >= 15 is 0 Å². The minimum absolute atomic E-state index is 0.158. The van der Waals surface area contributed by atoms with Gasteiger partial charge in [-0.2, -0.15) is 0 Å². The standard InChI is InChI=1S/C11H12N4OS/c1-12-6-8-2-3-10(14-7-8)17-11-13-5-4-9(16)15-11/h2-5,7,12H,6H2,1H3,(H,13,15,16). The van der Waals surface area contributed by atoms with Gasteiger partial charge in [0.25, 0.3) is 5.56 Å². The zero-order valence-electron chi connectivity index (χ0n) is 9.30. The molecule has 0 saturated heterocycles. The fraction of sp³-hybridized carbons (Fsp3) is 0.182. The van der Waals surface area contributed by atoms with Gasteiger partial charge in [-0.3, -0.25) is 4.79 Å². The minimum Gasteiger partial charge on any atom is -0.316 e. The SMILES string of the molecule is CNCc1ccc(Sc2nccc(=O)[nH]2)nc1. The Morgan fingerprint density at radius 3 is 2.88 bits per heavy atom. The Kier molecular flexibility index (Phi) is 3.89. The van der Waals surface area contributed by atoms with Crippen molar-refractivity contribution in [1.82, 2.24) is 20.3 Å². The molecule has 0 fully saturated rings. The van der Waals surface area contributed by atoms with E-state index in [2.05, 4.69) is 20.3 Å². The van der Waals surface area contributed by atoms with Crippen LogP contribution in [0.2, 0.25) is 0 Å². The Labute approximate surface area is 103 Å². The third kappa shape index (κ3) is 3.40. The smallest absolute Gasteiger partial charge is 0.251 e. The lowest BCUT2D eigenvalue weighted by Gasteiger charge is -2.01. The lowest BCUT2D eigenvalue weighted by Crippen LogP contribution is -2.06. The van der Waals surface area contributed by atoms with E-state index in [1.807, 2.05) is 19.2 Å². The van der Waals surface area contributed by atoms with Crippen LogP contribution in [0.4, 0.5) is 0 Å². The van der Waals surface area contributed by atoms with Gasteiger partial charge in [0, 0.05) is 25.0 Å². The first kappa shape index (κ1) is 11.8. The van der Waals surface area contributed by atoms with Crippen molar-refractivity contribution in [1.29, 1.82) is 0 Å². The zero-order valence-corrected chi connectivity index (χ0v) is 10.1. The number of nitrogens with zero attached hydrogens (tertiary/aromatic N) is 2. The van der Waals surface area contributed by atoms with Crippen molar-refractivity contribution in [3.8, 4) is 0 Å². The van der Waals surface area contributed by atoms with Gasteiger partial charge in [-0.1, -0.05) is 6.07 Å². The molecule has 2 aromatic heterocycles. The van der Waals surface area contributed by atoms with Crippen LogP contribution in [0.5, 0.6) is 0 Å². The molecule has 0 aliphatic rings. The van der Waals surface area contributed by atoms with Crippen LogP contribution < -0.4 is 10.9 Å². The number of aromatic amines is 1. The average molecular weight is 248 g/mol. The number of hydrogen-bond donors (Lipinski definition) is 2. The molecule has 0 unspecified atom stereocenters. The van der Waals surface area contributed by atoms with E-state index in [0.29, 0.717) is 5.16 Å². The van der Waals surface area contributed by atoms with Crippen LogP contribution in [-0.2, 0) is 6.54 Å². The summed E-state index contributed by atoms with van der Waals surface area (Å²) in [5, 5.41) is 4.41. The molecule has 88 valence electrons. The summed E-state index contributed by atoms with van der Waals surface area (Å²) in [5.74, 6) is 0. The second-order valence-electron chi connectivity index (χ2n) is 3.38. The predicted molar refractivity (Wildman–Crippen MR) is 66.0 cm³/mol. The van der Waals surface area contributed by atoms with Gasteiger partial charge in [-0.25, -0.2) is 9.97 Å². The molecule has 0 bridgehead atoms. The van der Waals surface area contributed by atoms with E-state index in [0.717, 1.165) is 17.1 Å². The van der Waals surface area contributed by atoms with Crippen molar-refractivity contribution in [2.24, 2.45) is 0 Å². The van der Waals surface area contributed by atoms with Crippen LogP contribution in [0.1, 0.15) is 5.56 Å². The van der Waals surface area contributed by atoms with Gasteiger partial charge in [0.05, 0.1) is 0 Å². The third-order valence-corrected chi connectivity index (χ3v) is 2.88. The summed E-state index contributed by atoms with van der Waals surface area (Å²) < 4.78 is 0. The molecule has 17 heavy (non-hydrogen) atoms. The number of H-pyrrole nitrogens is 1. The summed E-state index contributed by atoms with van der Waals surface area (Å²) in [4.78, 5) is 22.1. The molecule has 0 spiro atoms. The first-order valence-electron chi connectivity index (χ1n) is 5.10. The maximum Gasteiger partial charge on any atom is 0.251 e. The van der Waals surface area contributed by atoms with Crippen LogP contribution in [0.15, 0.2) is 45.6 Å². The molecule has 0 aliphatic heterocycles. The Hall–Kier alpha value is -1.66. The van der Waals surface area contributed by atoms with Gasteiger partial charge in [0.2, 0.25) is 0 Å². The van der Waals surface area contributed by atoms with Crippen LogP contribution in [0, 0.1) is 0 Å². The van der Waals surface area contributed by atoms with Crippen molar-refractivity contribution in [2.45, 2.75) is 16.7 Å². The van der Waals surface area contributed by atoms with Crippen molar-refractivity contribution in [3.63, 3.8) is 0 Å². The van der Waals surface area contributed by atoms with Crippen LogP contribution >= 0.6 is 11.8 Å². The highest BCUT2D eigenvalue weighted by Crippen LogP contribution is 2.20. The monoisotopic (exact) mass is 248 g/mol. The summed E-state index contributed by atoms with van der Waals surface area (Å²) >= 11 is 1.33. The van der Waals surface area contributed by atoms with Crippen molar-refractivity contribution in [3.05, 3.63) is 46.5 Å². The molecule has 6 heteroatoms. The highest BCUT2D eigenvalue weighted by atomic mass is 32.2. The van der Waals surface area contributed by atoms with Gasteiger partial charge < -0.3 is 10.3 Å². The molecule has 0 atom stereocenters. The molecule has 0 aliphatic carbocycles. The lowest BCUT2D eigenvalue weighted by molar-refractivity contribution is 0.809. The van der Waals surface area contributed by atoms with E-state index < -0.39 is 0 Å². The Balaban J connectivity index is 2.11. The second-order valence-corrected chi connectivity index (χ2v) is 4.39. The fourth-order valence-corrected chi connectivity index (χ4v) is 1.99. The van der Waals surface area contributed by atoms with E-state index in [4.69, 9.17) is 0 Å². The maximum absolute atomic E-state index is 11.1. The van der Waals surface area contributed by atoms with Gasteiger partial charge in [0.1, 0.15) is 5.03 Å². The average Bonchev–Trinajstić information content (AvgIpc) is 2.32. The van der Waals surface area contributed by atoms with Crippen LogP contribution in [0.3, 0.4) is 0 Å². The molecule has 0 saturated carbocycles. The minimum atomic E-state index is -0.158. The molecular weight excluding hydrogens is 236 g/mol. The Morgan fingerprint density at radius 1 is 1.35 bits per heavy atom. The van der Waals surface area contributed by atoms with Crippen LogP contribution in [-0.4, -0.2) is 22.0 Å². The molecule has 0 amide bonds. The zero-order chi connectivity index (χ0) is 12.1. The third-order valence-electron chi connectivity index (χ3n) is 2.03. The van der Waals surface area contributed by atoms with Gasteiger partial charge in [-0.15, -0.1) is 0 Å². The number of aromatic nitrogens is 3. The molecule has 5 nitrogen and oxygen atoms in total. The lowest BCUT2D eigenvalue weighted by atomic mass is 10.3. The van der Waals surface area contributed by atoms with E-state index in [-0.39, 0.29) is 5.56 Å². The first-order chi connectivity index (χ1) is 8.28. The topological polar surface area (TPSA) is 70.7 Å². The molecule has 2 aromatic rings. The summed E-state index contributed by atoms with van der Waals surface area (Å²) in [6, 6.07) is 5.28. The predicted octanol–water partition coefficient (Wildman–Crippen LogP) is 1.04. The van der Waals surface area contributed by atoms with Gasteiger partial charge >= 0.3 is 0 Å². The second kappa shape index (κ2) is 5.60. The largest absolute Gasteiger partial charge is 0.316 e. The van der Waals surface area contributed by atoms with Gasteiger partial charge in [-0.05, 0) is 30.4 Å². The van der Waals surface area contributed by atoms with Crippen molar-refractivity contribution in [2.75, 3.05) is 7.05 Å².